The Bertz CT molecular complexity index is 743. The Morgan fingerprint density at radius 3 is 2.33 bits per heavy atom. The quantitative estimate of drug-likeness (QED) is 0.839. The van der Waals surface area contributed by atoms with Crippen molar-refractivity contribution in [3.63, 3.8) is 0 Å². The Kier molecular flexibility index (Phi) is 4.58. The number of hydrogen-bond donors (Lipinski definition) is 1. The summed E-state index contributed by atoms with van der Waals surface area (Å²) in [5.74, 6) is 0. The molecule has 2 rings (SSSR count). The van der Waals surface area contributed by atoms with Crippen LogP contribution in [0.4, 0.5) is 11.4 Å². The molecule has 0 aromatic heterocycles. The van der Waals surface area contributed by atoms with E-state index in [1.54, 1.807) is 31.2 Å². The fourth-order valence-electron chi connectivity index (χ4n) is 2.04. The molecule has 4 nitrogen and oxygen atoms in total. The highest BCUT2D eigenvalue weighted by Crippen LogP contribution is 2.30. The zero-order chi connectivity index (χ0) is 15.6. The Balaban J connectivity index is 2.54. The predicted molar refractivity (Wildman–Crippen MR) is 89.9 cm³/mol. The van der Waals surface area contributed by atoms with Crippen molar-refractivity contribution in [3.8, 4) is 0 Å². The van der Waals surface area contributed by atoms with Crippen molar-refractivity contribution in [1.82, 2.24) is 0 Å². The fourth-order valence-corrected chi connectivity index (χ4v) is 4.48. The molecule has 0 unspecified atom stereocenters. The van der Waals surface area contributed by atoms with Crippen LogP contribution < -0.4 is 10.0 Å². The second kappa shape index (κ2) is 6.07. The monoisotopic (exact) mass is 368 g/mol. The molecule has 0 saturated carbocycles. The van der Waals surface area contributed by atoms with Gasteiger partial charge in [0, 0.05) is 16.7 Å². The molecular weight excluding hydrogens is 352 g/mol. The van der Waals surface area contributed by atoms with Crippen LogP contribution in [0.5, 0.6) is 0 Å². The van der Waals surface area contributed by atoms with Crippen molar-refractivity contribution in [2.75, 3.05) is 16.6 Å². The van der Waals surface area contributed by atoms with Crippen LogP contribution in [-0.4, -0.2) is 15.0 Å². The average Bonchev–Trinajstić information content (AvgIpc) is 2.44. The molecule has 0 fully saturated rings. The van der Waals surface area contributed by atoms with E-state index in [9.17, 15) is 8.42 Å². The minimum absolute atomic E-state index is 0.171. The summed E-state index contributed by atoms with van der Waals surface area (Å²) in [5.41, 5.74) is 7.85. The average molecular weight is 369 g/mol. The summed E-state index contributed by atoms with van der Waals surface area (Å²) in [6.07, 6.45) is 0. The van der Waals surface area contributed by atoms with Gasteiger partial charge in [0.25, 0.3) is 10.0 Å². The third-order valence-electron chi connectivity index (χ3n) is 3.13. The smallest absolute Gasteiger partial charge is 0.265 e. The number of aryl methyl sites for hydroxylation is 1. The van der Waals surface area contributed by atoms with E-state index in [2.05, 4.69) is 15.9 Å². The highest BCUT2D eigenvalue weighted by Gasteiger charge is 2.26. The molecule has 0 radical (unpaired) electrons. The number of benzene rings is 2. The number of hydrogen-bond acceptors (Lipinski definition) is 3. The van der Waals surface area contributed by atoms with Crippen molar-refractivity contribution in [1.29, 1.82) is 0 Å². The summed E-state index contributed by atoms with van der Waals surface area (Å²) in [4.78, 5) is 0.171. The normalized spacial score (nSPS) is 11.4. The number of nitrogen functional groups attached to an aromatic ring is 1. The van der Waals surface area contributed by atoms with Gasteiger partial charge >= 0.3 is 0 Å². The van der Waals surface area contributed by atoms with E-state index < -0.39 is 10.0 Å². The Morgan fingerprint density at radius 1 is 1.14 bits per heavy atom. The first-order chi connectivity index (χ1) is 9.86. The molecule has 2 aromatic rings. The molecule has 2 N–H and O–H groups in total. The van der Waals surface area contributed by atoms with Gasteiger partial charge in [-0.15, -0.1) is 0 Å². The molecule has 0 amide bonds. The summed E-state index contributed by atoms with van der Waals surface area (Å²) in [7, 11) is -3.66. The van der Waals surface area contributed by atoms with E-state index in [0.717, 1.165) is 5.56 Å². The lowest BCUT2D eigenvalue weighted by Crippen LogP contribution is -2.31. The molecule has 0 aliphatic heterocycles. The van der Waals surface area contributed by atoms with Crippen molar-refractivity contribution >= 4 is 37.3 Å². The van der Waals surface area contributed by atoms with Gasteiger partial charge in [-0.05, 0) is 60.1 Å². The second-order valence-corrected chi connectivity index (χ2v) is 7.38. The third kappa shape index (κ3) is 3.22. The summed E-state index contributed by atoms with van der Waals surface area (Å²) >= 11 is 3.29. The third-order valence-corrected chi connectivity index (χ3v) is 6.03. The van der Waals surface area contributed by atoms with E-state index in [-0.39, 0.29) is 4.90 Å². The van der Waals surface area contributed by atoms with Crippen LogP contribution in [0.15, 0.2) is 51.8 Å². The maximum Gasteiger partial charge on any atom is 0.265 e. The molecule has 0 aliphatic carbocycles. The van der Waals surface area contributed by atoms with Gasteiger partial charge in [0.05, 0.1) is 5.69 Å². The largest absolute Gasteiger partial charge is 0.399 e. The van der Waals surface area contributed by atoms with Gasteiger partial charge in [-0.1, -0.05) is 17.7 Å². The van der Waals surface area contributed by atoms with Gasteiger partial charge in [-0.3, -0.25) is 4.31 Å². The van der Waals surface area contributed by atoms with Gasteiger partial charge in [0.2, 0.25) is 0 Å². The second-order valence-electron chi connectivity index (χ2n) is 4.70. The maximum atomic E-state index is 12.9. The highest BCUT2D eigenvalue weighted by molar-refractivity contribution is 9.10. The molecule has 112 valence electrons. The molecule has 2 aromatic carbocycles. The number of halogens is 1. The van der Waals surface area contributed by atoms with Gasteiger partial charge in [-0.25, -0.2) is 8.42 Å². The fraction of sp³-hybridized carbons (Fsp3) is 0.200. The summed E-state index contributed by atoms with van der Waals surface area (Å²) in [6, 6.07) is 12.2. The van der Waals surface area contributed by atoms with Crippen molar-refractivity contribution in [3.05, 3.63) is 52.5 Å². The summed E-state index contributed by atoms with van der Waals surface area (Å²) < 4.78 is 27.6. The molecule has 0 spiro atoms. The SMILES string of the molecule is CCN(c1ccc(C)cc1)S(=O)(=O)c1cc(N)ccc1Br. The molecule has 0 bridgehead atoms. The van der Waals surface area contributed by atoms with Crippen LogP contribution >= 0.6 is 15.9 Å². The van der Waals surface area contributed by atoms with Crippen molar-refractivity contribution in [2.24, 2.45) is 0 Å². The first-order valence-electron chi connectivity index (χ1n) is 6.50. The van der Waals surface area contributed by atoms with Crippen LogP contribution in [-0.2, 0) is 10.0 Å². The first kappa shape index (κ1) is 15.9. The zero-order valence-corrected chi connectivity index (χ0v) is 14.3. The van der Waals surface area contributed by atoms with Crippen LogP contribution in [0.1, 0.15) is 12.5 Å². The molecule has 0 atom stereocenters. The van der Waals surface area contributed by atoms with E-state index >= 15 is 0 Å². The highest BCUT2D eigenvalue weighted by atomic mass is 79.9. The minimum atomic E-state index is -3.66. The number of anilines is 2. The van der Waals surface area contributed by atoms with E-state index in [1.807, 2.05) is 19.1 Å². The van der Waals surface area contributed by atoms with Crippen LogP contribution in [0.25, 0.3) is 0 Å². The van der Waals surface area contributed by atoms with E-state index in [1.165, 1.54) is 10.4 Å². The number of sulfonamides is 1. The van der Waals surface area contributed by atoms with Gasteiger partial charge < -0.3 is 5.73 Å². The number of nitrogens with zero attached hydrogens (tertiary/aromatic N) is 1. The topological polar surface area (TPSA) is 63.4 Å². The molecule has 0 aliphatic rings. The predicted octanol–water partition coefficient (Wildman–Crippen LogP) is 3.55. The van der Waals surface area contributed by atoms with E-state index in [0.29, 0.717) is 22.4 Å². The maximum absolute atomic E-state index is 12.9. The summed E-state index contributed by atoms with van der Waals surface area (Å²) in [5, 5.41) is 0. The lowest BCUT2D eigenvalue weighted by molar-refractivity contribution is 0.591. The summed E-state index contributed by atoms with van der Waals surface area (Å²) in [6.45, 7) is 4.10. The van der Waals surface area contributed by atoms with Crippen molar-refractivity contribution < 1.29 is 8.42 Å². The molecular formula is C15H17BrN2O2S. The number of rotatable bonds is 4. The van der Waals surface area contributed by atoms with Crippen LogP contribution in [0, 0.1) is 6.92 Å². The Hall–Kier alpha value is -1.53. The van der Waals surface area contributed by atoms with E-state index in [4.69, 9.17) is 5.73 Å². The molecule has 0 heterocycles. The minimum Gasteiger partial charge on any atom is -0.399 e. The lowest BCUT2D eigenvalue weighted by Gasteiger charge is -2.23. The van der Waals surface area contributed by atoms with Gasteiger partial charge in [0.15, 0.2) is 0 Å². The standard InChI is InChI=1S/C15H17BrN2O2S/c1-3-18(13-7-4-11(2)5-8-13)21(19,20)15-10-12(17)6-9-14(15)16/h4-10H,3,17H2,1-2H3. The van der Waals surface area contributed by atoms with Gasteiger partial charge in [0.1, 0.15) is 4.90 Å². The number of nitrogens with two attached hydrogens (primary N) is 1. The molecule has 6 heteroatoms. The van der Waals surface area contributed by atoms with Gasteiger partial charge in [-0.2, -0.15) is 0 Å². The van der Waals surface area contributed by atoms with Crippen molar-refractivity contribution in [2.45, 2.75) is 18.7 Å². The Morgan fingerprint density at radius 2 is 1.76 bits per heavy atom. The lowest BCUT2D eigenvalue weighted by atomic mass is 10.2. The first-order valence-corrected chi connectivity index (χ1v) is 8.74. The Labute approximate surface area is 133 Å². The van der Waals surface area contributed by atoms with Crippen LogP contribution in [0.3, 0.4) is 0 Å². The molecule has 21 heavy (non-hydrogen) atoms. The zero-order valence-electron chi connectivity index (χ0n) is 11.9. The molecule has 0 saturated heterocycles. The van der Waals surface area contributed by atoms with Crippen LogP contribution in [0.2, 0.25) is 0 Å².